The van der Waals surface area contributed by atoms with Crippen molar-refractivity contribution in [3.05, 3.63) is 69.2 Å². The van der Waals surface area contributed by atoms with E-state index in [1.54, 1.807) is 30.3 Å². The summed E-state index contributed by atoms with van der Waals surface area (Å²) in [7, 11) is 0. The molecule has 0 unspecified atom stereocenters. The van der Waals surface area contributed by atoms with Gasteiger partial charge in [-0.15, -0.1) is 0 Å². The number of hydrogen-bond donors (Lipinski definition) is 2. The third-order valence-corrected chi connectivity index (χ3v) is 3.38. The second-order valence-electron chi connectivity index (χ2n) is 4.06. The fourth-order valence-corrected chi connectivity index (χ4v) is 2.10. The van der Waals surface area contributed by atoms with Crippen molar-refractivity contribution in [2.75, 3.05) is 0 Å². The maximum Gasteiger partial charge on any atom is 0.193 e. The smallest absolute Gasteiger partial charge is 0.193 e. The highest BCUT2D eigenvalue weighted by Gasteiger charge is 2.11. The number of aromatic hydroxyl groups is 1. The normalized spacial score (nSPS) is 11.4. The van der Waals surface area contributed by atoms with E-state index in [1.165, 1.54) is 12.1 Å². The van der Waals surface area contributed by atoms with Crippen molar-refractivity contribution in [3.8, 4) is 5.75 Å². The van der Waals surface area contributed by atoms with Gasteiger partial charge in [-0.25, -0.2) is 0 Å². The molecule has 5 heteroatoms. The fraction of sp³-hybridized carbons (Fsp3) is 0. The first-order valence-corrected chi connectivity index (χ1v) is 6.84. The standard InChI is InChI=1S/C15H10BrClO3/c16-10-3-6-13(18)12(7-10)15(20)8-14(19)9-1-4-11(17)5-2-9/h1-8,18-19H/b14-8-. The van der Waals surface area contributed by atoms with E-state index in [-0.39, 0.29) is 17.1 Å². The summed E-state index contributed by atoms with van der Waals surface area (Å²) in [5.74, 6) is -0.819. The number of aliphatic hydroxyl groups excluding tert-OH is 1. The first kappa shape index (κ1) is 14.6. The van der Waals surface area contributed by atoms with Crippen molar-refractivity contribution in [3.63, 3.8) is 0 Å². The summed E-state index contributed by atoms with van der Waals surface area (Å²) in [4.78, 5) is 12.0. The molecule has 20 heavy (non-hydrogen) atoms. The van der Waals surface area contributed by atoms with Gasteiger partial charge in [0, 0.05) is 21.1 Å². The second-order valence-corrected chi connectivity index (χ2v) is 5.41. The number of allylic oxidation sites excluding steroid dienone is 1. The fourth-order valence-electron chi connectivity index (χ4n) is 1.61. The Kier molecular flexibility index (Phi) is 4.47. The molecular formula is C15H10BrClO3. The molecule has 0 saturated heterocycles. The Bertz CT molecular complexity index is 678. The number of halogens is 2. The van der Waals surface area contributed by atoms with Gasteiger partial charge in [0.2, 0.25) is 0 Å². The van der Waals surface area contributed by atoms with E-state index >= 15 is 0 Å². The van der Waals surface area contributed by atoms with Crippen molar-refractivity contribution >= 4 is 39.1 Å². The molecule has 0 spiro atoms. The monoisotopic (exact) mass is 352 g/mol. The molecule has 2 aromatic rings. The zero-order chi connectivity index (χ0) is 14.7. The van der Waals surface area contributed by atoms with Crippen LogP contribution in [0.2, 0.25) is 5.02 Å². The maximum atomic E-state index is 12.0. The van der Waals surface area contributed by atoms with Crippen LogP contribution in [0.3, 0.4) is 0 Å². The van der Waals surface area contributed by atoms with Crippen molar-refractivity contribution in [2.24, 2.45) is 0 Å². The van der Waals surface area contributed by atoms with E-state index in [4.69, 9.17) is 11.6 Å². The molecule has 0 amide bonds. The lowest BCUT2D eigenvalue weighted by atomic mass is 10.1. The Labute approximate surface area is 129 Å². The largest absolute Gasteiger partial charge is 0.507 e. The van der Waals surface area contributed by atoms with E-state index in [0.717, 1.165) is 6.08 Å². The highest BCUT2D eigenvalue weighted by molar-refractivity contribution is 9.10. The average Bonchev–Trinajstić information content (AvgIpc) is 2.42. The van der Waals surface area contributed by atoms with Gasteiger partial charge < -0.3 is 10.2 Å². The average molecular weight is 354 g/mol. The number of phenolic OH excluding ortho intramolecular Hbond substituents is 1. The molecule has 0 heterocycles. The van der Waals surface area contributed by atoms with Gasteiger partial charge in [-0.1, -0.05) is 27.5 Å². The van der Waals surface area contributed by atoms with Gasteiger partial charge in [0.15, 0.2) is 5.78 Å². The molecule has 0 saturated carbocycles. The van der Waals surface area contributed by atoms with Crippen molar-refractivity contribution in [1.82, 2.24) is 0 Å². The molecule has 0 fully saturated rings. The molecule has 2 N–H and O–H groups in total. The Hall–Kier alpha value is -1.78. The number of aliphatic hydroxyl groups is 1. The van der Waals surface area contributed by atoms with Gasteiger partial charge in [-0.3, -0.25) is 4.79 Å². The molecule has 2 rings (SSSR count). The lowest BCUT2D eigenvalue weighted by Crippen LogP contribution is -1.97. The summed E-state index contributed by atoms with van der Waals surface area (Å²) in [6.45, 7) is 0. The third-order valence-electron chi connectivity index (χ3n) is 2.63. The lowest BCUT2D eigenvalue weighted by Gasteiger charge is -2.03. The van der Waals surface area contributed by atoms with Crippen molar-refractivity contribution < 1.29 is 15.0 Å². The molecule has 0 atom stereocenters. The number of carbonyl (C=O) groups is 1. The zero-order valence-electron chi connectivity index (χ0n) is 10.2. The van der Waals surface area contributed by atoms with Gasteiger partial charge in [-0.2, -0.15) is 0 Å². The molecule has 102 valence electrons. The molecule has 0 radical (unpaired) electrons. The van der Waals surface area contributed by atoms with Crippen molar-refractivity contribution in [2.45, 2.75) is 0 Å². The van der Waals surface area contributed by atoms with Crippen LogP contribution in [0.15, 0.2) is 53.0 Å². The van der Waals surface area contributed by atoms with Crippen LogP contribution in [0.1, 0.15) is 15.9 Å². The molecule has 0 bridgehead atoms. The van der Waals surface area contributed by atoms with Crippen LogP contribution < -0.4 is 0 Å². The third kappa shape index (κ3) is 3.40. The van der Waals surface area contributed by atoms with E-state index in [1.807, 2.05) is 0 Å². The highest BCUT2D eigenvalue weighted by Crippen LogP contribution is 2.24. The molecule has 0 aliphatic rings. The topological polar surface area (TPSA) is 57.5 Å². The zero-order valence-corrected chi connectivity index (χ0v) is 12.5. The van der Waals surface area contributed by atoms with E-state index in [0.29, 0.717) is 15.1 Å². The van der Waals surface area contributed by atoms with Gasteiger partial charge >= 0.3 is 0 Å². The summed E-state index contributed by atoms with van der Waals surface area (Å²) in [5.41, 5.74) is 0.581. The van der Waals surface area contributed by atoms with Gasteiger partial charge in [0.05, 0.1) is 5.56 Å². The molecule has 0 aliphatic heterocycles. The summed E-state index contributed by atoms with van der Waals surface area (Å²) in [5, 5.41) is 20.1. The molecular weight excluding hydrogens is 344 g/mol. The minimum atomic E-state index is -0.490. The number of hydrogen-bond acceptors (Lipinski definition) is 3. The van der Waals surface area contributed by atoms with Crippen molar-refractivity contribution in [1.29, 1.82) is 0 Å². The minimum absolute atomic E-state index is 0.111. The predicted molar refractivity (Wildman–Crippen MR) is 82.2 cm³/mol. The SMILES string of the molecule is O=C(/C=C(\O)c1ccc(Cl)cc1)c1cc(Br)ccc1O. The quantitative estimate of drug-likeness (QED) is 0.482. The Balaban J connectivity index is 2.32. The van der Waals surface area contributed by atoms with Crippen LogP contribution in [0.5, 0.6) is 5.75 Å². The first-order valence-electron chi connectivity index (χ1n) is 5.67. The summed E-state index contributed by atoms with van der Waals surface area (Å²) in [6.07, 6.45) is 1.06. The number of phenols is 1. The van der Waals surface area contributed by atoms with E-state index < -0.39 is 5.78 Å². The van der Waals surface area contributed by atoms with Gasteiger partial charge in [-0.05, 0) is 42.5 Å². The Morgan fingerprint density at radius 1 is 1.15 bits per heavy atom. The molecule has 0 aromatic heterocycles. The lowest BCUT2D eigenvalue weighted by molar-refractivity contribution is 0.104. The van der Waals surface area contributed by atoms with Gasteiger partial charge in [0.1, 0.15) is 11.5 Å². The second kappa shape index (κ2) is 6.11. The number of carbonyl (C=O) groups excluding carboxylic acids is 1. The number of benzene rings is 2. The molecule has 0 aliphatic carbocycles. The van der Waals surface area contributed by atoms with Crippen LogP contribution in [0.25, 0.3) is 5.76 Å². The van der Waals surface area contributed by atoms with Crippen LogP contribution >= 0.6 is 27.5 Å². The highest BCUT2D eigenvalue weighted by atomic mass is 79.9. The molecule has 3 nitrogen and oxygen atoms in total. The summed E-state index contributed by atoms with van der Waals surface area (Å²) in [6, 6.07) is 10.9. The van der Waals surface area contributed by atoms with Crippen LogP contribution in [0.4, 0.5) is 0 Å². The minimum Gasteiger partial charge on any atom is -0.507 e. The molecule has 2 aromatic carbocycles. The maximum absolute atomic E-state index is 12.0. The summed E-state index contributed by atoms with van der Waals surface area (Å²) >= 11 is 8.97. The van der Waals surface area contributed by atoms with Crippen LogP contribution in [-0.2, 0) is 0 Å². The van der Waals surface area contributed by atoms with Crippen LogP contribution in [0, 0.1) is 0 Å². The van der Waals surface area contributed by atoms with Gasteiger partial charge in [0.25, 0.3) is 0 Å². The predicted octanol–water partition coefficient (Wildman–Crippen LogP) is 4.59. The number of rotatable bonds is 3. The summed E-state index contributed by atoms with van der Waals surface area (Å²) < 4.78 is 0.665. The van der Waals surface area contributed by atoms with Crippen LogP contribution in [-0.4, -0.2) is 16.0 Å². The Morgan fingerprint density at radius 2 is 1.80 bits per heavy atom. The number of ketones is 1. The van der Waals surface area contributed by atoms with E-state index in [2.05, 4.69) is 15.9 Å². The first-order chi connectivity index (χ1) is 9.47. The Morgan fingerprint density at radius 3 is 2.45 bits per heavy atom. The van der Waals surface area contributed by atoms with E-state index in [9.17, 15) is 15.0 Å².